The molecule has 1 heterocycles. The van der Waals surface area contributed by atoms with Crippen molar-refractivity contribution >= 4 is 34.8 Å². The van der Waals surface area contributed by atoms with Crippen molar-refractivity contribution in [3.8, 4) is 0 Å². The summed E-state index contributed by atoms with van der Waals surface area (Å²) in [6.07, 6.45) is 1.54. The van der Waals surface area contributed by atoms with Crippen molar-refractivity contribution < 1.29 is 18.4 Å². The number of thiocarbonyl (C=S) groups is 1. The number of hydrogen-bond acceptors (Lipinski definition) is 4. The molecule has 0 radical (unpaired) electrons. The Morgan fingerprint density at radius 2 is 1.57 bits per heavy atom. The second-order valence-corrected chi connectivity index (χ2v) is 6.16. The predicted octanol–water partition coefficient (Wildman–Crippen LogP) is 3.48. The highest BCUT2D eigenvalue weighted by Gasteiger charge is 2.09. The maximum atomic E-state index is 12.9. The van der Waals surface area contributed by atoms with E-state index < -0.39 is 11.7 Å². The highest BCUT2D eigenvalue weighted by molar-refractivity contribution is 7.80. The van der Waals surface area contributed by atoms with Gasteiger partial charge in [-0.05, 0) is 72.9 Å². The third-order valence-electron chi connectivity index (χ3n) is 3.74. The summed E-state index contributed by atoms with van der Waals surface area (Å²) in [4.78, 5) is 24.2. The second-order valence-electron chi connectivity index (χ2n) is 5.75. The van der Waals surface area contributed by atoms with E-state index in [0.717, 1.165) is 0 Å². The van der Waals surface area contributed by atoms with Gasteiger partial charge in [-0.3, -0.25) is 14.9 Å². The van der Waals surface area contributed by atoms with E-state index in [1.807, 2.05) is 0 Å². The normalized spacial score (nSPS) is 10.2. The largest absolute Gasteiger partial charge is 0.467 e. The Balaban J connectivity index is 1.51. The number of nitrogens with one attached hydrogen (secondary N) is 3. The van der Waals surface area contributed by atoms with Gasteiger partial charge in [0.25, 0.3) is 11.8 Å². The summed E-state index contributed by atoms with van der Waals surface area (Å²) >= 11 is 5.10. The van der Waals surface area contributed by atoms with Crippen LogP contribution < -0.4 is 16.0 Å². The van der Waals surface area contributed by atoms with Crippen molar-refractivity contribution in [3.63, 3.8) is 0 Å². The van der Waals surface area contributed by atoms with Crippen LogP contribution in [0, 0.1) is 5.82 Å². The number of furan rings is 1. The number of rotatable bonds is 5. The Morgan fingerprint density at radius 1 is 0.929 bits per heavy atom. The molecule has 0 saturated carbocycles. The summed E-state index contributed by atoms with van der Waals surface area (Å²) in [5, 5.41) is 8.19. The van der Waals surface area contributed by atoms with Gasteiger partial charge >= 0.3 is 0 Å². The molecule has 3 aromatic rings. The minimum absolute atomic E-state index is 0.0874. The van der Waals surface area contributed by atoms with Crippen molar-refractivity contribution in [2.45, 2.75) is 6.54 Å². The number of halogens is 1. The van der Waals surface area contributed by atoms with Gasteiger partial charge in [0.1, 0.15) is 11.6 Å². The van der Waals surface area contributed by atoms with Crippen LogP contribution in [0.25, 0.3) is 0 Å². The minimum atomic E-state index is -0.452. The first kappa shape index (κ1) is 19.2. The average Bonchev–Trinajstić information content (AvgIpc) is 3.20. The van der Waals surface area contributed by atoms with Gasteiger partial charge in [0.2, 0.25) is 0 Å². The lowest BCUT2D eigenvalue weighted by Gasteiger charge is -2.10. The number of amides is 2. The molecule has 1 aromatic heterocycles. The Kier molecular flexibility index (Phi) is 6.13. The Hall–Kier alpha value is -3.52. The Labute approximate surface area is 165 Å². The van der Waals surface area contributed by atoms with E-state index in [9.17, 15) is 14.0 Å². The lowest BCUT2D eigenvalue weighted by molar-refractivity contribution is 0.0946. The molecule has 0 atom stereocenters. The molecule has 2 aromatic carbocycles. The lowest BCUT2D eigenvalue weighted by atomic mass is 10.2. The zero-order valence-corrected chi connectivity index (χ0v) is 15.4. The van der Waals surface area contributed by atoms with E-state index in [1.165, 1.54) is 24.3 Å². The number of anilines is 1. The summed E-state index contributed by atoms with van der Waals surface area (Å²) in [6, 6.07) is 15.2. The van der Waals surface area contributed by atoms with Crippen LogP contribution in [0.1, 0.15) is 26.5 Å². The Bertz CT molecular complexity index is 971. The monoisotopic (exact) mass is 397 g/mol. The maximum absolute atomic E-state index is 12.9. The van der Waals surface area contributed by atoms with E-state index in [-0.39, 0.29) is 16.6 Å². The first-order chi connectivity index (χ1) is 13.5. The summed E-state index contributed by atoms with van der Waals surface area (Å²) in [7, 11) is 0. The van der Waals surface area contributed by atoms with Crippen LogP contribution >= 0.6 is 12.2 Å². The molecule has 2 amide bonds. The third-order valence-corrected chi connectivity index (χ3v) is 3.95. The van der Waals surface area contributed by atoms with E-state index in [2.05, 4.69) is 16.0 Å². The molecule has 0 unspecified atom stereocenters. The van der Waals surface area contributed by atoms with Crippen LogP contribution in [0.15, 0.2) is 71.3 Å². The zero-order chi connectivity index (χ0) is 19.9. The van der Waals surface area contributed by atoms with Gasteiger partial charge in [-0.2, -0.15) is 0 Å². The molecule has 0 saturated heterocycles. The van der Waals surface area contributed by atoms with Gasteiger partial charge in [0.15, 0.2) is 5.11 Å². The standard InChI is InChI=1S/C20H16FN3O3S/c21-15-7-3-14(4-8-15)19(26)24-20(28)23-16-9-5-13(6-10-16)18(25)22-12-17-2-1-11-27-17/h1-11H,12H2,(H,22,25)(H2,23,24,26,28). The van der Waals surface area contributed by atoms with Crippen molar-refractivity contribution in [3.05, 3.63) is 89.6 Å². The second kappa shape index (κ2) is 8.92. The van der Waals surface area contributed by atoms with E-state index in [4.69, 9.17) is 16.6 Å². The molecule has 6 nitrogen and oxygen atoms in total. The highest BCUT2D eigenvalue weighted by atomic mass is 32.1. The minimum Gasteiger partial charge on any atom is -0.467 e. The first-order valence-corrected chi connectivity index (χ1v) is 8.70. The fraction of sp³-hybridized carbons (Fsp3) is 0.0500. The quantitative estimate of drug-likeness (QED) is 0.574. The lowest BCUT2D eigenvalue weighted by Crippen LogP contribution is -2.34. The van der Waals surface area contributed by atoms with Crippen LogP contribution in [-0.2, 0) is 6.54 Å². The van der Waals surface area contributed by atoms with Gasteiger partial charge in [-0.25, -0.2) is 4.39 Å². The Morgan fingerprint density at radius 3 is 2.21 bits per heavy atom. The summed E-state index contributed by atoms with van der Waals surface area (Å²) in [6.45, 7) is 0.297. The van der Waals surface area contributed by atoms with Crippen LogP contribution in [0.2, 0.25) is 0 Å². The third kappa shape index (κ3) is 5.24. The van der Waals surface area contributed by atoms with Gasteiger partial charge in [-0.1, -0.05) is 0 Å². The number of hydrogen-bond donors (Lipinski definition) is 3. The topological polar surface area (TPSA) is 83.4 Å². The van der Waals surface area contributed by atoms with Crippen LogP contribution in [0.5, 0.6) is 0 Å². The van der Waals surface area contributed by atoms with Crippen LogP contribution in [0.3, 0.4) is 0 Å². The number of benzene rings is 2. The molecule has 0 spiro atoms. The van der Waals surface area contributed by atoms with E-state index in [1.54, 1.807) is 42.7 Å². The van der Waals surface area contributed by atoms with Gasteiger partial charge in [0.05, 0.1) is 12.8 Å². The predicted molar refractivity (Wildman–Crippen MR) is 106 cm³/mol. The van der Waals surface area contributed by atoms with Crippen molar-refractivity contribution in [1.29, 1.82) is 0 Å². The number of carbonyl (C=O) groups is 2. The highest BCUT2D eigenvalue weighted by Crippen LogP contribution is 2.10. The summed E-state index contributed by atoms with van der Waals surface area (Å²) in [5.74, 6) is -0.457. The van der Waals surface area contributed by atoms with E-state index in [0.29, 0.717) is 23.6 Å². The fourth-order valence-electron chi connectivity index (χ4n) is 2.33. The molecule has 0 aliphatic carbocycles. The molecule has 3 rings (SSSR count). The molecule has 28 heavy (non-hydrogen) atoms. The summed E-state index contributed by atoms with van der Waals surface area (Å²) in [5.41, 5.74) is 1.36. The van der Waals surface area contributed by atoms with Crippen molar-refractivity contribution in [2.75, 3.05) is 5.32 Å². The molecule has 142 valence electrons. The molecular formula is C20H16FN3O3S. The van der Waals surface area contributed by atoms with Gasteiger partial charge < -0.3 is 15.1 Å². The molecule has 0 fully saturated rings. The SMILES string of the molecule is O=C(NCc1ccco1)c1ccc(NC(=S)NC(=O)c2ccc(F)cc2)cc1. The summed E-state index contributed by atoms with van der Waals surface area (Å²) < 4.78 is 18.1. The zero-order valence-electron chi connectivity index (χ0n) is 14.6. The van der Waals surface area contributed by atoms with Crippen molar-refractivity contribution in [2.24, 2.45) is 0 Å². The molecule has 3 N–H and O–H groups in total. The molecule has 0 aliphatic rings. The first-order valence-electron chi connectivity index (χ1n) is 8.30. The molecule has 8 heteroatoms. The maximum Gasteiger partial charge on any atom is 0.257 e. The fourth-order valence-corrected chi connectivity index (χ4v) is 2.54. The van der Waals surface area contributed by atoms with Gasteiger partial charge in [-0.15, -0.1) is 0 Å². The smallest absolute Gasteiger partial charge is 0.257 e. The average molecular weight is 397 g/mol. The van der Waals surface area contributed by atoms with Crippen LogP contribution in [0.4, 0.5) is 10.1 Å². The molecule has 0 bridgehead atoms. The van der Waals surface area contributed by atoms with Gasteiger partial charge in [0, 0.05) is 16.8 Å². The van der Waals surface area contributed by atoms with Crippen molar-refractivity contribution in [1.82, 2.24) is 10.6 Å². The number of carbonyl (C=O) groups excluding carboxylic acids is 2. The molecular weight excluding hydrogens is 381 g/mol. The van der Waals surface area contributed by atoms with E-state index >= 15 is 0 Å². The molecule has 0 aliphatic heterocycles. The van der Waals surface area contributed by atoms with Crippen LogP contribution in [-0.4, -0.2) is 16.9 Å².